The van der Waals surface area contributed by atoms with Crippen molar-refractivity contribution in [1.82, 2.24) is 4.98 Å². The summed E-state index contributed by atoms with van der Waals surface area (Å²) in [4.78, 5) is 29.2. The Morgan fingerprint density at radius 2 is 1.54 bits per heavy atom. The summed E-state index contributed by atoms with van der Waals surface area (Å²) >= 11 is 7.42. The van der Waals surface area contributed by atoms with Gasteiger partial charge in [0.2, 0.25) is 5.13 Å². The molecule has 0 unspecified atom stereocenters. The fourth-order valence-corrected chi connectivity index (χ4v) is 3.99. The molecule has 1 heterocycles. The highest BCUT2D eigenvalue weighted by Gasteiger charge is 2.11. The Bertz CT molecular complexity index is 1130. The van der Waals surface area contributed by atoms with Gasteiger partial charge in [-0.15, -0.1) is 10.2 Å². The molecule has 0 aliphatic carbocycles. The number of aromatic nitrogens is 1. The minimum Gasteiger partial charge on any atom is -0.435 e. The molecule has 0 fully saturated rings. The Hall–Kier alpha value is -3.44. The first kappa shape index (κ1) is 26.2. The van der Waals surface area contributed by atoms with Crippen LogP contribution in [0.2, 0.25) is 5.02 Å². The summed E-state index contributed by atoms with van der Waals surface area (Å²) in [5.74, 6) is 0. The highest BCUT2D eigenvalue weighted by atomic mass is 35.5. The lowest BCUT2D eigenvalue weighted by molar-refractivity contribution is 0.0583. The second-order valence-corrected chi connectivity index (χ2v) is 8.32. The number of nitrogens with zero attached hydrogens (tertiary/aromatic N) is 4. The molecular weight excluding hydrogens is 496 g/mol. The van der Waals surface area contributed by atoms with E-state index in [9.17, 15) is 9.59 Å². The standard InChI is InChI=1S/C23H25ClN4O6S/c1-3-31-22(29)33-13-11-28(12-14-34-23(30)32-4-2)18-8-6-17(7-9-18)26-27-21-25-19-10-5-16(24)15-20(19)35-21/h5-10,15H,3-4,11-14H2,1-2H3. The van der Waals surface area contributed by atoms with Crippen molar-refractivity contribution in [3.05, 3.63) is 47.5 Å². The van der Waals surface area contributed by atoms with Crippen LogP contribution in [0.4, 0.5) is 26.1 Å². The zero-order valence-electron chi connectivity index (χ0n) is 19.3. The molecule has 35 heavy (non-hydrogen) atoms. The van der Waals surface area contributed by atoms with Gasteiger partial charge in [-0.3, -0.25) is 0 Å². The Morgan fingerprint density at radius 3 is 2.14 bits per heavy atom. The molecule has 0 bridgehead atoms. The van der Waals surface area contributed by atoms with Crippen molar-refractivity contribution >= 4 is 62.0 Å². The minimum absolute atomic E-state index is 0.0985. The summed E-state index contributed by atoms with van der Waals surface area (Å²) < 4.78 is 20.6. The molecule has 3 aromatic rings. The normalized spacial score (nSPS) is 10.9. The van der Waals surface area contributed by atoms with Crippen LogP contribution in [0.15, 0.2) is 52.7 Å². The molecule has 0 amide bonds. The van der Waals surface area contributed by atoms with Crippen LogP contribution in [-0.4, -0.2) is 56.8 Å². The summed E-state index contributed by atoms with van der Waals surface area (Å²) in [7, 11) is 0. The molecule has 3 rings (SSSR count). The van der Waals surface area contributed by atoms with Gasteiger partial charge in [0.1, 0.15) is 13.2 Å². The number of anilines is 1. The molecule has 0 saturated carbocycles. The Balaban J connectivity index is 1.63. The zero-order valence-corrected chi connectivity index (χ0v) is 20.9. The average Bonchev–Trinajstić information content (AvgIpc) is 3.24. The first-order valence-corrected chi connectivity index (χ1v) is 12.1. The monoisotopic (exact) mass is 520 g/mol. The highest BCUT2D eigenvalue weighted by molar-refractivity contribution is 7.21. The smallest absolute Gasteiger partial charge is 0.435 e. The molecule has 0 aliphatic rings. The van der Waals surface area contributed by atoms with Gasteiger partial charge in [-0.1, -0.05) is 22.9 Å². The first-order valence-electron chi connectivity index (χ1n) is 10.9. The third-order valence-corrected chi connectivity index (χ3v) is 5.63. The summed E-state index contributed by atoms with van der Waals surface area (Å²) in [5, 5.41) is 9.65. The number of carbonyl (C=O) groups excluding carboxylic acids is 2. The van der Waals surface area contributed by atoms with Gasteiger partial charge in [-0.2, -0.15) is 0 Å². The topological polar surface area (TPSA) is 112 Å². The number of fused-ring (bicyclic) bond motifs is 1. The molecule has 0 atom stereocenters. The minimum atomic E-state index is -0.733. The van der Waals surface area contributed by atoms with E-state index < -0.39 is 12.3 Å². The van der Waals surface area contributed by atoms with Crippen molar-refractivity contribution in [2.75, 3.05) is 44.4 Å². The van der Waals surface area contributed by atoms with Crippen molar-refractivity contribution in [1.29, 1.82) is 0 Å². The molecule has 10 nitrogen and oxygen atoms in total. The summed E-state index contributed by atoms with van der Waals surface area (Å²) in [6.07, 6.45) is -1.47. The third-order valence-electron chi connectivity index (χ3n) is 4.49. The maximum Gasteiger partial charge on any atom is 0.508 e. The van der Waals surface area contributed by atoms with Crippen molar-refractivity contribution < 1.29 is 28.5 Å². The van der Waals surface area contributed by atoms with Gasteiger partial charge in [-0.25, -0.2) is 14.6 Å². The van der Waals surface area contributed by atoms with E-state index in [1.807, 2.05) is 29.2 Å². The van der Waals surface area contributed by atoms with E-state index in [0.29, 0.717) is 28.9 Å². The number of ether oxygens (including phenoxy) is 4. The van der Waals surface area contributed by atoms with Gasteiger partial charge in [0, 0.05) is 10.7 Å². The second kappa shape index (κ2) is 13.4. The van der Waals surface area contributed by atoms with Crippen molar-refractivity contribution in [3.63, 3.8) is 0 Å². The fraction of sp³-hybridized carbons (Fsp3) is 0.348. The molecule has 186 valence electrons. The number of thiazole rings is 1. The molecule has 0 aliphatic heterocycles. The van der Waals surface area contributed by atoms with Crippen LogP contribution in [0.5, 0.6) is 0 Å². The van der Waals surface area contributed by atoms with Gasteiger partial charge in [0.15, 0.2) is 0 Å². The van der Waals surface area contributed by atoms with E-state index in [0.717, 1.165) is 15.9 Å². The lowest BCUT2D eigenvalue weighted by atomic mass is 10.2. The number of benzene rings is 2. The lowest BCUT2D eigenvalue weighted by Crippen LogP contribution is -2.32. The summed E-state index contributed by atoms with van der Waals surface area (Å²) in [6.45, 7) is 4.79. The molecule has 0 saturated heterocycles. The van der Waals surface area contributed by atoms with E-state index in [-0.39, 0.29) is 26.4 Å². The molecule has 12 heteroatoms. The Kier molecular flexibility index (Phi) is 10.1. The number of rotatable bonds is 11. The van der Waals surface area contributed by atoms with Crippen LogP contribution in [0.3, 0.4) is 0 Å². The highest BCUT2D eigenvalue weighted by Crippen LogP contribution is 2.31. The predicted octanol–water partition coefficient (Wildman–Crippen LogP) is 6.52. The maximum absolute atomic E-state index is 11.5. The maximum atomic E-state index is 11.5. The number of halogens is 1. The first-order chi connectivity index (χ1) is 17.0. The second-order valence-electron chi connectivity index (χ2n) is 6.87. The van der Waals surface area contributed by atoms with E-state index in [4.69, 9.17) is 30.5 Å². The van der Waals surface area contributed by atoms with Crippen LogP contribution in [0.25, 0.3) is 10.2 Å². The van der Waals surface area contributed by atoms with Gasteiger partial charge >= 0.3 is 12.3 Å². The van der Waals surface area contributed by atoms with Crippen molar-refractivity contribution in [2.24, 2.45) is 10.2 Å². The number of hydrogen-bond acceptors (Lipinski definition) is 11. The van der Waals surface area contributed by atoms with Crippen LogP contribution in [0.1, 0.15) is 13.8 Å². The average molecular weight is 521 g/mol. The zero-order chi connectivity index (χ0) is 25.0. The number of carbonyl (C=O) groups is 2. The number of azo groups is 1. The van der Waals surface area contributed by atoms with E-state index in [1.54, 1.807) is 32.0 Å². The van der Waals surface area contributed by atoms with Gasteiger partial charge in [0.05, 0.1) is 42.2 Å². The van der Waals surface area contributed by atoms with Crippen molar-refractivity contribution in [3.8, 4) is 0 Å². The molecular formula is C23H25ClN4O6S. The molecule has 2 aromatic carbocycles. The predicted molar refractivity (Wildman–Crippen MR) is 133 cm³/mol. The number of hydrogen-bond donors (Lipinski definition) is 0. The van der Waals surface area contributed by atoms with Gasteiger partial charge in [-0.05, 0) is 56.3 Å². The van der Waals surface area contributed by atoms with E-state index in [2.05, 4.69) is 15.2 Å². The molecule has 0 spiro atoms. The van der Waals surface area contributed by atoms with Crippen LogP contribution >= 0.6 is 22.9 Å². The van der Waals surface area contributed by atoms with Crippen LogP contribution in [-0.2, 0) is 18.9 Å². The molecule has 1 aromatic heterocycles. The summed E-state index contributed by atoms with van der Waals surface area (Å²) in [5.41, 5.74) is 2.27. The SMILES string of the molecule is CCOC(=O)OCCN(CCOC(=O)OCC)c1ccc(N=Nc2nc3ccc(Cl)cc3s2)cc1. The lowest BCUT2D eigenvalue weighted by Gasteiger charge is -2.24. The largest absolute Gasteiger partial charge is 0.508 e. The van der Waals surface area contributed by atoms with Gasteiger partial charge < -0.3 is 23.8 Å². The van der Waals surface area contributed by atoms with Gasteiger partial charge in [0.25, 0.3) is 0 Å². The Morgan fingerprint density at radius 1 is 0.914 bits per heavy atom. The van der Waals surface area contributed by atoms with Crippen LogP contribution < -0.4 is 4.90 Å². The van der Waals surface area contributed by atoms with Crippen LogP contribution in [0, 0.1) is 0 Å². The Labute approximate surface area is 211 Å². The third kappa shape index (κ3) is 8.37. The summed E-state index contributed by atoms with van der Waals surface area (Å²) in [6, 6.07) is 12.8. The molecule has 0 N–H and O–H groups in total. The quantitative estimate of drug-likeness (QED) is 0.207. The van der Waals surface area contributed by atoms with Crippen molar-refractivity contribution in [2.45, 2.75) is 13.8 Å². The molecule has 0 radical (unpaired) electrons. The van der Waals surface area contributed by atoms with E-state index in [1.165, 1.54) is 11.3 Å². The fourth-order valence-electron chi connectivity index (χ4n) is 2.93. The van der Waals surface area contributed by atoms with E-state index >= 15 is 0 Å².